The maximum Gasteiger partial charge on any atom is 0.237 e. The zero-order valence-electron chi connectivity index (χ0n) is 13.6. The van der Waals surface area contributed by atoms with Crippen molar-refractivity contribution in [3.63, 3.8) is 0 Å². The number of rotatable bonds is 7. The van der Waals surface area contributed by atoms with Gasteiger partial charge in [-0.05, 0) is 23.6 Å². The summed E-state index contributed by atoms with van der Waals surface area (Å²) in [7, 11) is 0. The molecule has 0 aromatic carbocycles. The number of pyridine rings is 1. The standard InChI is InChI=1S/C17H14N6OS2/c1-2-8-23-16(12-3-6-18-7-4-12)20-21-17(23)26-11-14-19-15(22-24-14)13-5-9-25-10-13/h2-7,9-10H,1,8,11H2. The molecule has 0 unspecified atom stereocenters. The molecule has 0 aliphatic rings. The maximum absolute atomic E-state index is 5.34. The first kappa shape index (κ1) is 16.7. The summed E-state index contributed by atoms with van der Waals surface area (Å²) in [4.78, 5) is 8.47. The second-order valence-electron chi connectivity index (χ2n) is 5.25. The number of hydrogen-bond donors (Lipinski definition) is 0. The van der Waals surface area contributed by atoms with Gasteiger partial charge >= 0.3 is 0 Å². The number of hydrogen-bond acceptors (Lipinski definition) is 8. The first-order valence-electron chi connectivity index (χ1n) is 7.77. The molecule has 7 nitrogen and oxygen atoms in total. The van der Waals surface area contributed by atoms with Crippen LogP contribution in [0, 0.1) is 0 Å². The summed E-state index contributed by atoms with van der Waals surface area (Å²) in [6.07, 6.45) is 5.29. The van der Waals surface area contributed by atoms with E-state index in [2.05, 4.69) is 31.9 Å². The second kappa shape index (κ2) is 7.63. The van der Waals surface area contributed by atoms with Gasteiger partial charge in [0.15, 0.2) is 11.0 Å². The molecule has 0 saturated heterocycles. The molecule has 0 aliphatic carbocycles. The lowest BCUT2D eigenvalue weighted by Crippen LogP contribution is -2.00. The summed E-state index contributed by atoms with van der Waals surface area (Å²) in [6.45, 7) is 4.43. The van der Waals surface area contributed by atoms with Crippen molar-refractivity contribution in [3.05, 3.63) is 59.9 Å². The van der Waals surface area contributed by atoms with Crippen LogP contribution in [0.1, 0.15) is 5.89 Å². The van der Waals surface area contributed by atoms with E-state index in [-0.39, 0.29) is 0 Å². The SMILES string of the molecule is C=CCn1c(SCc2nc(-c3ccsc3)no2)nnc1-c1ccncc1. The van der Waals surface area contributed by atoms with Crippen LogP contribution in [0.15, 0.2) is 63.7 Å². The van der Waals surface area contributed by atoms with E-state index in [1.807, 2.05) is 39.6 Å². The zero-order chi connectivity index (χ0) is 17.8. The normalized spacial score (nSPS) is 10.9. The Morgan fingerprint density at radius 1 is 1.19 bits per heavy atom. The van der Waals surface area contributed by atoms with Crippen molar-refractivity contribution < 1.29 is 4.52 Å². The van der Waals surface area contributed by atoms with Gasteiger partial charge in [-0.1, -0.05) is 23.0 Å². The highest BCUT2D eigenvalue weighted by Gasteiger charge is 2.15. The summed E-state index contributed by atoms with van der Waals surface area (Å²) in [5, 5.41) is 17.4. The molecule has 130 valence electrons. The Morgan fingerprint density at radius 3 is 2.85 bits per heavy atom. The lowest BCUT2D eigenvalue weighted by molar-refractivity contribution is 0.391. The molecule has 0 radical (unpaired) electrons. The van der Waals surface area contributed by atoms with Gasteiger partial charge in [-0.25, -0.2) is 0 Å². The van der Waals surface area contributed by atoms with Gasteiger partial charge in [0.1, 0.15) is 0 Å². The smallest absolute Gasteiger partial charge is 0.237 e. The average Bonchev–Trinajstić information content (AvgIpc) is 3.42. The molecule has 0 spiro atoms. The minimum atomic E-state index is 0.517. The monoisotopic (exact) mass is 382 g/mol. The molecule has 4 aromatic rings. The van der Waals surface area contributed by atoms with Crippen LogP contribution in [0.2, 0.25) is 0 Å². The number of allylic oxidation sites excluding steroid dienone is 1. The van der Waals surface area contributed by atoms with Crippen LogP contribution < -0.4 is 0 Å². The van der Waals surface area contributed by atoms with E-state index in [0.29, 0.717) is 24.0 Å². The Hall–Kier alpha value is -2.78. The van der Waals surface area contributed by atoms with E-state index in [0.717, 1.165) is 22.1 Å². The van der Waals surface area contributed by atoms with Crippen LogP contribution >= 0.6 is 23.1 Å². The van der Waals surface area contributed by atoms with Crippen molar-refractivity contribution in [3.8, 4) is 22.8 Å². The average molecular weight is 382 g/mol. The van der Waals surface area contributed by atoms with Gasteiger partial charge in [-0.2, -0.15) is 16.3 Å². The molecule has 26 heavy (non-hydrogen) atoms. The van der Waals surface area contributed by atoms with Crippen LogP contribution in [-0.4, -0.2) is 29.9 Å². The fourth-order valence-corrected chi connectivity index (χ4v) is 3.77. The number of aromatic nitrogens is 6. The second-order valence-corrected chi connectivity index (χ2v) is 6.98. The predicted molar refractivity (Wildman–Crippen MR) is 101 cm³/mol. The summed E-state index contributed by atoms with van der Waals surface area (Å²) >= 11 is 3.10. The van der Waals surface area contributed by atoms with E-state index in [4.69, 9.17) is 4.52 Å². The summed E-state index contributed by atoms with van der Waals surface area (Å²) in [6, 6.07) is 5.78. The highest BCUT2D eigenvalue weighted by atomic mass is 32.2. The summed E-state index contributed by atoms with van der Waals surface area (Å²) < 4.78 is 7.34. The van der Waals surface area contributed by atoms with Crippen LogP contribution in [0.4, 0.5) is 0 Å². The number of nitrogens with zero attached hydrogens (tertiary/aromatic N) is 6. The molecule has 4 aromatic heterocycles. The molecule has 9 heteroatoms. The maximum atomic E-state index is 5.34. The first-order chi connectivity index (χ1) is 12.8. The zero-order valence-corrected chi connectivity index (χ0v) is 15.3. The lowest BCUT2D eigenvalue weighted by atomic mass is 10.2. The Bertz CT molecular complexity index is 994. The molecule has 0 aliphatic heterocycles. The van der Waals surface area contributed by atoms with E-state index in [1.165, 1.54) is 11.8 Å². The predicted octanol–water partition coefficient (Wildman–Crippen LogP) is 3.93. The molecular formula is C17H14N6OS2. The molecule has 0 atom stereocenters. The van der Waals surface area contributed by atoms with Crippen molar-refractivity contribution in [2.45, 2.75) is 17.5 Å². The lowest BCUT2D eigenvalue weighted by Gasteiger charge is -2.06. The highest BCUT2D eigenvalue weighted by molar-refractivity contribution is 7.98. The van der Waals surface area contributed by atoms with Gasteiger partial charge in [0.05, 0.1) is 5.75 Å². The van der Waals surface area contributed by atoms with Crippen LogP contribution in [0.3, 0.4) is 0 Å². The van der Waals surface area contributed by atoms with E-state index < -0.39 is 0 Å². The number of thiophene rings is 1. The van der Waals surface area contributed by atoms with Gasteiger partial charge < -0.3 is 4.52 Å². The molecular weight excluding hydrogens is 368 g/mol. The van der Waals surface area contributed by atoms with Crippen molar-refractivity contribution >= 4 is 23.1 Å². The Balaban J connectivity index is 1.53. The minimum absolute atomic E-state index is 0.517. The Morgan fingerprint density at radius 2 is 2.08 bits per heavy atom. The Kier molecular flexibility index (Phi) is 4.89. The minimum Gasteiger partial charge on any atom is -0.338 e. The first-order valence-corrected chi connectivity index (χ1v) is 9.70. The third-order valence-corrected chi connectivity index (χ3v) is 5.17. The molecule has 4 rings (SSSR count). The number of thioether (sulfide) groups is 1. The van der Waals surface area contributed by atoms with E-state index in [1.54, 1.807) is 23.7 Å². The fourth-order valence-electron chi connectivity index (χ4n) is 2.35. The highest BCUT2D eigenvalue weighted by Crippen LogP contribution is 2.27. The quantitative estimate of drug-likeness (QED) is 0.354. The fraction of sp³-hybridized carbons (Fsp3) is 0.118. The van der Waals surface area contributed by atoms with Crippen molar-refractivity contribution in [1.82, 2.24) is 29.9 Å². The van der Waals surface area contributed by atoms with Gasteiger partial charge in [-0.15, -0.1) is 16.8 Å². The summed E-state index contributed by atoms with van der Waals surface area (Å²) in [5.74, 6) is 2.45. The van der Waals surface area contributed by atoms with E-state index in [9.17, 15) is 0 Å². The van der Waals surface area contributed by atoms with Crippen LogP contribution in [0.5, 0.6) is 0 Å². The summed E-state index contributed by atoms with van der Waals surface area (Å²) in [5.41, 5.74) is 1.92. The molecule has 0 bridgehead atoms. The van der Waals surface area contributed by atoms with E-state index >= 15 is 0 Å². The van der Waals surface area contributed by atoms with Crippen molar-refractivity contribution in [2.75, 3.05) is 0 Å². The molecule has 0 saturated carbocycles. The molecule has 0 N–H and O–H groups in total. The molecule has 0 amide bonds. The van der Waals surface area contributed by atoms with Crippen molar-refractivity contribution in [2.24, 2.45) is 0 Å². The third kappa shape index (κ3) is 3.44. The van der Waals surface area contributed by atoms with Gasteiger partial charge in [-0.3, -0.25) is 9.55 Å². The third-order valence-electron chi connectivity index (χ3n) is 3.54. The topological polar surface area (TPSA) is 82.5 Å². The molecule has 0 fully saturated rings. The van der Waals surface area contributed by atoms with Gasteiger partial charge in [0.25, 0.3) is 0 Å². The van der Waals surface area contributed by atoms with Crippen LogP contribution in [0.25, 0.3) is 22.8 Å². The Labute approximate surface area is 157 Å². The molecule has 4 heterocycles. The largest absolute Gasteiger partial charge is 0.338 e. The van der Waals surface area contributed by atoms with Crippen molar-refractivity contribution in [1.29, 1.82) is 0 Å². The van der Waals surface area contributed by atoms with Gasteiger partial charge in [0, 0.05) is 35.4 Å². The van der Waals surface area contributed by atoms with Gasteiger partial charge in [0.2, 0.25) is 11.7 Å². The van der Waals surface area contributed by atoms with Crippen LogP contribution in [-0.2, 0) is 12.3 Å².